The first-order valence-electron chi connectivity index (χ1n) is 4.45. The fraction of sp³-hybridized carbons (Fsp3) is 0.222. The van der Waals surface area contributed by atoms with Crippen LogP contribution in [0.3, 0.4) is 0 Å². The van der Waals surface area contributed by atoms with Gasteiger partial charge in [0.15, 0.2) is 5.82 Å². The summed E-state index contributed by atoms with van der Waals surface area (Å²) in [4.78, 5) is 0. The quantitative estimate of drug-likeness (QED) is 0.853. The predicted octanol–water partition coefficient (Wildman–Crippen LogP) is 2.64. The number of aryl methyl sites for hydroxylation is 1. The van der Waals surface area contributed by atoms with Gasteiger partial charge in [-0.2, -0.15) is 4.68 Å². The molecular formula is C9H8BrClN4. The van der Waals surface area contributed by atoms with Crippen LogP contribution in [-0.4, -0.2) is 20.2 Å². The van der Waals surface area contributed by atoms with Crippen molar-refractivity contribution in [1.82, 2.24) is 20.2 Å². The summed E-state index contributed by atoms with van der Waals surface area (Å²) in [7, 11) is 0. The van der Waals surface area contributed by atoms with Crippen LogP contribution in [0.15, 0.2) is 22.7 Å². The fourth-order valence-corrected chi connectivity index (χ4v) is 1.73. The Morgan fingerprint density at radius 3 is 2.93 bits per heavy atom. The third-order valence-electron chi connectivity index (χ3n) is 2.00. The van der Waals surface area contributed by atoms with Gasteiger partial charge in [0.25, 0.3) is 0 Å². The molecule has 6 heteroatoms. The second kappa shape index (κ2) is 4.28. The lowest BCUT2D eigenvalue weighted by atomic mass is 10.3. The smallest absolute Gasteiger partial charge is 0.156 e. The van der Waals surface area contributed by atoms with E-state index in [1.54, 1.807) is 4.68 Å². The molecule has 0 saturated heterocycles. The maximum absolute atomic E-state index is 5.91. The minimum absolute atomic E-state index is 0.671. The van der Waals surface area contributed by atoms with E-state index in [0.717, 1.165) is 22.4 Å². The maximum atomic E-state index is 5.91. The molecule has 0 fully saturated rings. The van der Waals surface area contributed by atoms with E-state index in [4.69, 9.17) is 11.6 Å². The monoisotopic (exact) mass is 286 g/mol. The van der Waals surface area contributed by atoms with Crippen LogP contribution in [0.1, 0.15) is 12.7 Å². The zero-order valence-corrected chi connectivity index (χ0v) is 10.3. The van der Waals surface area contributed by atoms with Crippen molar-refractivity contribution in [2.75, 3.05) is 0 Å². The highest BCUT2D eigenvalue weighted by Crippen LogP contribution is 2.24. The van der Waals surface area contributed by atoms with E-state index in [-0.39, 0.29) is 0 Å². The zero-order valence-electron chi connectivity index (χ0n) is 7.98. The molecule has 1 heterocycles. The molecule has 0 aliphatic carbocycles. The van der Waals surface area contributed by atoms with E-state index < -0.39 is 0 Å². The number of hydrogen-bond donors (Lipinski definition) is 0. The highest BCUT2D eigenvalue weighted by Gasteiger charge is 2.07. The number of nitrogens with zero attached hydrogens (tertiary/aromatic N) is 4. The van der Waals surface area contributed by atoms with Gasteiger partial charge in [0.05, 0.1) is 10.7 Å². The summed E-state index contributed by atoms with van der Waals surface area (Å²) < 4.78 is 2.53. The fourth-order valence-electron chi connectivity index (χ4n) is 1.24. The summed E-state index contributed by atoms with van der Waals surface area (Å²) >= 11 is 9.27. The zero-order chi connectivity index (χ0) is 10.8. The van der Waals surface area contributed by atoms with E-state index in [0.29, 0.717) is 5.02 Å². The van der Waals surface area contributed by atoms with Crippen molar-refractivity contribution in [3.8, 4) is 5.69 Å². The number of hydrogen-bond acceptors (Lipinski definition) is 3. The van der Waals surface area contributed by atoms with E-state index in [1.807, 2.05) is 25.1 Å². The van der Waals surface area contributed by atoms with Crippen LogP contribution in [0.2, 0.25) is 5.02 Å². The molecule has 15 heavy (non-hydrogen) atoms. The molecule has 1 aromatic heterocycles. The van der Waals surface area contributed by atoms with Crippen molar-refractivity contribution in [2.45, 2.75) is 13.3 Å². The van der Waals surface area contributed by atoms with E-state index in [2.05, 4.69) is 31.5 Å². The van der Waals surface area contributed by atoms with Crippen LogP contribution in [-0.2, 0) is 6.42 Å². The molecule has 0 saturated carbocycles. The third kappa shape index (κ3) is 2.03. The molecule has 0 spiro atoms. The number of benzene rings is 1. The molecule has 0 N–H and O–H groups in total. The average molecular weight is 288 g/mol. The van der Waals surface area contributed by atoms with Crippen LogP contribution in [0.5, 0.6) is 0 Å². The number of halogens is 2. The molecule has 1 aromatic carbocycles. The summed E-state index contributed by atoms with van der Waals surface area (Å²) in [5, 5.41) is 12.1. The van der Waals surface area contributed by atoms with Gasteiger partial charge in [-0.1, -0.05) is 18.5 Å². The summed E-state index contributed by atoms with van der Waals surface area (Å²) in [6.45, 7) is 2.01. The Morgan fingerprint density at radius 1 is 1.47 bits per heavy atom. The van der Waals surface area contributed by atoms with Crippen molar-refractivity contribution in [1.29, 1.82) is 0 Å². The molecule has 2 rings (SSSR count). The van der Waals surface area contributed by atoms with Gasteiger partial charge in [-0.15, -0.1) is 5.10 Å². The van der Waals surface area contributed by atoms with Gasteiger partial charge in [0, 0.05) is 10.9 Å². The van der Waals surface area contributed by atoms with Gasteiger partial charge in [-0.3, -0.25) is 0 Å². The van der Waals surface area contributed by atoms with Crippen LogP contribution in [0, 0.1) is 0 Å². The largest absolute Gasteiger partial charge is 0.197 e. The van der Waals surface area contributed by atoms with Crippen molar-refractivity contribution in [3.63, 3.8) is 0 Å². The minimum Gasteiger partial charge on any atom is -0.197 e. The molecule has 0 amide bonds. The highest BCUT2D eigenvalue weighted by atomic mass is 79.9. The van der Waals surface area contributed by atoms with E-state index in [1.165, 1.54) is 0 Å². The Kier molecular flexibility index (Phi) is 3.02. The van der Waals surface area contributed by atoms with Crippen LogP contribution < -0.4 is 0 Å². The Hall–Kier alpha value is -0.940. The molecule has 0 radical (unpaired) electrons. The first-order chi connectivity index (χ1) is 7.22. The summed E-state index contributed by atoms with van der Waals surface area (Å²) in [5.74, 6) is 0.823. The summed E-state index contributed by atoms with van der Waals surface area (Å²) in [6.07, 6.45) is 0.785. The van der Waals surface area contributed by atoms with Gasteiger partial charge in [-0.05, 0) is 44.6 Å². The van der Waals surface area contributed by atoms with Crippen molar-refractivity contribution >= 4 is 27.5 Å². The standard InChI is InChI=1S/C9H8BrClN4/c1-2-9-12-13-14-15(9)6-3-4-8(11)7(10)5-6/h3-5H,2H2,1H3. The SMILES string of the molecule is CCc1nnnn1-c1ccc(Cl)c(Br)c1. The first-order valence-corrected chi connectivity index (χ1v) is 5.62. The Labute approximate surface area is 100 Å². The van der Waals surface area contributed by atoms with E-state index in [9.17, 15) is 0 Å². The van der Waals surface area contributed by atoms with Crippen molar-refractivity contribution in [3.05, 3.63) is 33.5 Å². The Morgan fingerprint density at radius 2 is 2.27 bits per heavy atom. The maximum Gasteiger partial charge on any atom is 0.156 e. The lowest BCUT2D eigenvalue weighted by Gasteiger charge is -2.04. The van der Waals surface area contributed by atoms with Crippen LogP contribution in [0.25, 0.3) is 5.69 Å². The lowest BCUT2D eigenvalue weighted by molar-refractivity contribution is 0.766. The molecule has 0 unspecified atom stereocenters. The van der Waals surface area contributed by atoms with Crippen molar-refractivity contribution in [2.24, 2.45) is 0 Å². The Balaban J connectivity index is 2.50. The third-order valence-corrected chi connectivity index (χ3v) is 3.21. The number of tetrazole rings is 1. The second-order valence-electron chi connectivity index (χ2n) is 2.96. The molecule has 0 bridgehead atoms. The second-order valence-corrected chi connectivity index (χ2v) is 4.22. The summed E-state index contributed by atoms with van der Waals surface area (Å²) in [6, 6.07) is 5.57. The van der Waals surface area contributed by atoms with Crippen LogP contribution >= 0.6 is 27.5 Å². The predicted molar refractivity (Wildman–Crippen MR) is 61.2 cm³/mol. The lowest BCUT2D eigenvalue weighted by Crippen LogP contribution is -2.01. The molecule has 0 atom stereocenters. The average Bonchev–Trinajstić information content (AvgIpc) is 2.70. The number of rotatable bonds is 2. The highest BCUT2D eigenvalue weighted by molar-refractivity contribution is 9.10. The molecule has 0 aliphatic heterocycles. The normalized spacial score (nSPS) is 10.6. The van der Waals surface area contributed by atoms with Gasteiger partial charge in [0.2, 0.25) is 0 Å². The topological polar surface area (TPSA) is 43.6 Å². The molecule has 78 valence electrons. The molecule has 0 aliphatic rings. The van der Waals surface area contributed by atoms with Crippen molar-refractivity contribution < 1.29 is 0 Å². The van der Waals surface area contributed by atoms with Gasteiger partial charge in [0.1, 0.15) is 0 Å². The van der Waals surface area contributed by atoms with E-state index >= 15 is 0 Å². The molecular weight excluding hydrogens is 279 g/mol. The minimum atomic E-state index is 0.671. The molecule has 4 nitrogen and oxygen atoms in total. The first kappa shape index (κ1) is 10.6. The number of aromatic nitrogens is 4. The van der Waals surface area contributed by atoms with Gasteiger partial charge < -0.3 is 0 Å². The van der Waals surface area contributed by atoms with Crippen LogP contribution in [0.4, 0.5) is 0 Å². The van der Waals surface area contributed by atoms with Gasteiger partial charge in [-0.25, -0.2) is 0 Å². The summed E-state index contributed by atoms with van der Waals surface area (Å²) in [5.41, 5.74) is 0.896. The Bertz CT molecular complexity index is 483. The van der Waals surface area contributed by atoms with Gasteiger partial charge >= 0.3 is 0 Å². The molecule has 2 aromatic rings.